The largest absolute Gasteiger partial charge is 0.497 e. The summed E-state index contributed by atoms with van der Waals surface area (Å²) in [4.78, 5) is 0. The van der Waals surface area contributed by atoms with Gasteiger partial charge in [0.25, 0.3) is 0 Å². The molecule has 0 aliphatic heterocycles. The molecular weight excluding hydrogens is 226 g/mol. The summed E-state index contributed by atoms with van der Waals surface area (Å²) in [6.45, 7) is 4.78. The fourth-order valence-corrected chi connectivity index (χ4v) is 2.09. The maximum absolute atomic E-state index is 10.3. The van der Waals surface area contributed by atoms with Crippen molar-refractivity contribution >= 4 is 0 Å². The molecule has 3 N–H and O–H groups in total. The molecule has 1 aromatic rings. The summed E-state index contributed by atoms with van der Waals surface area (Å²) in [5.41, 5.74) is 6.85. The van der Waals surface area contributed by atoms with Crippen molar-refractivity contribution in [3.05, 3.63) is 29.8 Å². The van der Waals surface area contributed by atoms with Gasteiger partial charge in [0.05, 0.1) is 13.2 Å². The van der Waals surface area contributed by atoms with Crippen LogP contribution in [0.25, 0.3) is 0 Å². The summed E-state index contributed by atoms with van der Waals surface area (Å²) in [7, 11) is 1.64. The number of methoxy groups -OCH3 is 1. The second-order valence-corrected chi connectivity index (χ2v) is 5.16. The second-order valence-electron chi connectivity index (χ2n) is 5.16. The van der Waals surface area contributed by atoms with Crippen molar-refractivity contribution < 1.29 is 9.84 Å². The van der Waals surface area contributed by atoms with Gasteiger partial charge in [-0.2, -0.15) is 0 Å². The first-order valence-corrected chi connectivity index (χ1v) is 6.60. The fourth-order valence-electron chi connectivity index (χ4n) is 2.09. The number of ether oxygens (including phenoxy) is 1. The molecule has 0 aliphatic rings. The van der Waals surface area contributed by atoms with Crippen molar-refractivity contribution in [2.45, 2.75) is 38.7 Å². The quantitative estimate of drug-likeness (QED) is 0.783. The van der Waals surface area contributed by atoms with Crippen LogP contribution in [-0.4, -0.2) is 24.9 Å². The maximum Gasteiger partial charge on any atom is 0.119 e. The highest BCUT2D eigenvalue weighted by atomic mass is 16.5. The second kappa shape index (κ2) is 7.39. The van der Waals surface area contributed by atoms with Gasteiger partial charge in [0.1, 0.15) is 5.75 Å². The number of hydrogen-bond donors (Lipinski definition) is 2. The molecule has 0 bridgehead atoms. The highest BCUT2D eigenvalue weighted by Crippen LogP contribution is 2.25. The summed E-state index contributed by atoms with van der Waals surface area (Å²) >= 11 is 0. The molecule has 2 atom stereocenters. The van der Waals surface area contributed by atoms with Gasteiger partial charge in [0.2, 0.25) is 0 Å². The first kappa shape index (κ1) is 15.0. The summed E-state index contributed by atoms with van der Waals surface area (Å²) in [6, 6.07) is 7.79. The Bertz CT molecular complexity index is 352. The maximum atomic E-state index is 10.3. The van der Waals surface area contributed by atoms with E-state index in [1.807, 2.05) is 24.3 Å². The molecule has 0 amide bonds. The molecule has 0 fully saturated rings. The van der Waals surface area contributed by atoms with Crippen LogP contribution >= 0.6 is 0 Å². The van der Waals surface area contributed by atoms with Crippen LogP contribution in [0.15, 0.2) is 24.3 Å². The Labute approximate surface area is 110 Å². The molecule has 0 radical (unpaired) electrons. The molecule has 0 saturated heterocycles. The molecule has 0 aliphatic carbocycles. The van der Waals surface area contributed by atoms with Crippen LogP contribution in [0.3, 0.4) is 0 Å². The molecule has 102 valence electrons. The number of benzene rings is 1. The average molecular weight is 251 g/mol. The smallest absolute Gasteiger partial charge is 0.119 e. The van der Waals surface area contributed by atoms with Crippen LogP contribution in [-0.2, 0) is 0 Å². The van der Waals surface area contributed by atoms with E-state index < -0.39 is 0 Å². The predicted octanol–water partition coefficient (Wildman–Crippen LogP) is 2.53. The van der Waals surface area contributed by atoms with E-state index in [2.05, 4.69) is 13.8 Å². The number of nitrogens with two attached hydrogens (primary N) is 1. The van der Waals surface area contributed by atoms with Gasteiger partial charge in [0, 0.05) is 12.5 Å². The van der Waals surface area contributed by atoms with E-state index in [-0.39, 0.29) is 12.0 Å². The van der Waals surface area contributed by atoms with Crippen LogP contribution in [0.5, 0.6) is 5.75 Å². The minimum absolute atomic E-state index is 0.0150. The molecule has 0 heterocycles. The lowest BCUT2D eigenvalue weighted by atomic mass is 9.89. The topological polar surface area (TPSA) is 55.5 Å². The molecule has 0 spiro atoms. The Morgan fingerprint density at radius 2 is 2.00 bits per heavy atom. The third kappa shape index (κ3) is 4.31. The first-order valence-electron chi connectivity index (χ1n) is 6.60. The highest BCUT2D eigenvalue weighted by Gasteiger charge is 2.20. The number of aliphatic hydroxyl groups excluding tert-OH is 1. The lowest BCUT2D eigenvalue weighted by Crippen LogP contribution is -2.26. The van der Waals surface area contributed by atoms with Crippen LogP contribution in [0.4, 0.5) is 0 Å². The van der Waals surface area contributed by atoms with Gasteiger partial charge >= 0.3 is 0 Å². The molecule has 18 heavy (non-hydrogen) atoms. The molecule has 0 saturated carbocycles. The SMILES string of the molecule is COc1cccc(C(CN)C(O)CCC(C)C)c1. The van der Waals surface area contributed by atoms with Gasteiger partial charge < -0.3 is 15.6 Å². The van der Waals surface area contributed by atoms with Gasteiger partial charge in [-0.05, 0) is 36.5 Å². The van der Waals surface area contributed by atoms with E-state index in [0.717, 1.165) is 24.2 Å². The molecule has 1 rings (SSSR count). The van der Waals surface area contributed by atoms with E-state index in [1.165, 1.54) is 0 Å². The minimum Gasteiger partial charge on any atom is -0.497 e. The zero-order valence-corrected chi connectivity index (χ0v) is 11.6. The summed E-state index contributed by atoms with van der Waals surface area (Å²) in [5, 5.41) is 10.3. The predicted molar refractivity (Wildman–Crippen MR) is 74.9 cm³/mol. The van der Waals surface area contributed by atoms with Crippen LogP contribution in [0, 0.1) is 5.92 Å². The third-order valence-corrected chi connectivity index (χ3v) is 3.28. The Kier molecular flexibility index (Phi) is 6.16. The van der Waals surface area contributed by atoms with E-state index >= 15 is 0 Å². The number of rotatable bonds is 7. The lowest BCUT2D eigenvalue weighted by molar-refractivity contribution is 0.129. The standard InChI is InChI=1S/C15H25NO2/c1-11(2)7-8-15(17)14(10-16)12-5-4-6-13(9-12)18-3/h4-6,9,11,14-15,17H,7-8,10,16H2,1-3H3. The molecule has 3 nitrogen and oxygen atoms in total. The van der Waals surface area contributed by atoms with Crippen molar-refractivity contribution in [2.24, 2.45) is 11.7 Å². The number of hydrogen-bond acceptors (Lipinski definition) is 3. The van der Waals surface area contributed by atoms with Gasteiger partial charge in [-0.15, -0.1) is 0 Å². The van der Waals surface area contributed by atoms with Crippen LogP contribution < -0.4 is 10.5 Å². The average Bonchev–Trinajstić information content (AvgIpc) is 2.37. The molecule has 0 aromatic heterocycles. The van der Waals surface area contributed by atoms with Crippen molar-refractivity contribution in [3.8, 4) is 5.75 Å². The van der Waals surface area contributed by atoms with Crippen molar-refractivity contribution in [1.29, 1.82) is 0 Å². The van der Waals surface area contributed by atoms with E-state index in [4.69, 9.17) is 10.5 Å². The van der Waals surface area contributed by atoms with E-state index in [0.29, 0.717) is 12.5 Å². The fraction of sp³-hybridized carbons (Fsp3) is 0.600. The van der Waals surface area contributed by atoms with Gasteiger partial charge in [-0.1, -0.05) is 26.0 Å². The Balaban J connectivity index is 2.74. The lowest BCUT2D eigenvalue weighted by Gasteiger charge is -2.23. The minimum atomic E-state index is -0.385. The Morgan fingerprint density at radius 3 is 2.56 bits per heavy atom. The van der Waals surface area contributed by atoms with Crippen LogP contribution in [0.2, 0.25) is 0 Å². The molecule has 1 aromatic carbocycles. The summed E-state index contributed by atoms with van der Waals surface area (Å²) < 4.78 is 5.20. The van der Waals surface area contributed by atoms with Crippen molar-refractivity contribution in [1.82, 2.24) is 0 Å². The monoisotopic (exact) mass is 251 g/mol. The highest BCUT2D eigenvalue weighted by molar-refractivity contribution is 5.31. The van der Waals surface area contributed by atoms with Gasteiger partial charge in [-0.3, -0.25) is 0 Å². The zero-order chi connectivity index (χ0) is 13.5. The van der Waals surface area contributed by atoms with E-state index in [9.17, 15) is 5.11 Å². The Hall–Kier alpha value is -1.06. The summed E-state index contributed by atoms with van der Waals surface area (Å²) in [6.07, 6.45) is 1.42. The number of aliphatic hydroxyl groups is 1. The molecular formula is C15H25NO2. The summed E-state index contributed by atoms with van der Waals surface area (Å²) in [5.74, 6) is 1.39. The van der Waals surface area contributed by atoms with E-state index in [1.54, 1.807) is 7.11 Å². The first-order chi connectivity index (χ1) is 8.58. The zero-order valence-electron chi connectivity index (χ0n) is 11.6. The van der Waals surface area contributed by atoms with Crippen molar-refractivity contribution in [3.63, 3.8) is 0 Å². The van der Waals surface area contributed by atoms with Crippen LogP contribution in [0.1, 0.15) is 38.2 Å². The molecule has 2 unspecified atom stereocenters. The van der Waals surface area contributed by atoms with Gasteiger partial charge in [-0.25, -0.2) is 0 Å². The normalized spacial score (nSPS) is 14.6. The third-order valence-electron chi connectivity index (χ3n) is 3.28. The van der Waals surface area contributed by atoms with Gasteiger partial charge in [0.15, 0.2) is 0 Å². The molecule has 3 heteroatoms. The van der Waals surface area contributed by atoms with Crippen molar-refractivity contribution in [2.75, 3.05) is 13.7 Å². The Morgan fingerprint density at radius 1 is 1.28 bits per heavy atom.